The van der Waals surface area contributed by atoms with Gasteiger partial charge in [-0.3, -0.25) is 15.0 Å². The molecule has 0 aromatic carbocycles. The molecule has 1 N–H and O–H groups in total. The fraction of sp³-hybridized carbons (Fsp3) is 0.556. The van der Waals surface area contributed by atoms with E-state index in [0.717, 1.165) is 23.4 Å². The van der Waals surface area contributed by atoms with E-state index in [4.69, 9.17) is 5.11 Å². The highest BCUT2D eigenvalue weighted by atomic mass is 32.1. The van der Waals surface area contributed by atoms with E-state index < -0.39 is 0 Å². The Balaban J connectivity index is 2.59. The molecule has 0 amide bonds. The molecule has 0 saturated carbocycles. The number of aliphatic hydroxyl groups is 1. The van der Waals surface area contributed by atoms with E-state index in [1.54, 1.807) is 11.4 Å². The van der Waals surface area contributed by atoms with Crippen LogP contribution >= 0.6 is 11.3 Å². The van der Waals surface area contributed by atoms with Gasteiger partial charge in [-0.05, 0) is 12.1 Å². The minimum Gasteiger partial charge on any atom is -0.395 e. The maximum atomic E-state index is 10.5. The maximum absolute atomic E-state index is 10.5. The minimum absolute atomic E-state index is 0.111. The van der Waals surface area contributed by atoms with Crippen LogP contribution in [0.2, 0.25) is 0 Å². The predicted octanol–water partition coefficient (Wildman–Crippen LogP) is 1.47. The number of nitro groups is 1. The fourth-order valence-corrected chi connectivity index (χ4v) is 2.01. The molecule has 1 aromatic rings. The molecular weight excluding hydrogens is 216 g/mol. The van der Waals surface area contributed by atoms with Crippen molar-refractivity contribution in [3.63, 3.8) is 0 Å². The van der Waals surface area contributed by atoms with E-state index in [0.29, 0.717) is 13.1 Å². The molecule has 0 saturated heterocycles. The Labute approximate surface area is 92.1 Å². The second kappa shape index (κ2) is 5.79. The van der Waals surface area contributed by atoms with Gasteiger partial charge in [-0.2, -0.15) is 0 Å². The third-order valence-corrected chi connectivity index (χ3v) is 3.02. The first-order chi connectivity index (χ1) is 7.17. The van der Waals surface area contributed by atoms with Crippen LogP contribution in [0.4, 0.5) is 5.00 Å². The lowest BCUT2D eigenvalue weighted by Gasteiger charge is -2.17. The largest absolute Gasteiger partial charge is 0.395 e. The van der Waals surface area contributed by atoms with Crippen LogP contribution in [-0.4, -0.2) is 34.6 Å². The molecule has 0 aliphatic carbocycles. The molecule has 5 nitrogen and oxygen atoms in total. The van der Waals surface area contributed by atoms with Gasteiger partial charge in [0, 0.05) is 24.5 Å². The second-order valence-corrected chi connectivity index (χ2v) is 4.03. The first kappa shape index (κ1) is 12.1. The molecule has 0 fully saturated rings. The molecule has 0 aliphatic rings. The second-order valence-electron chi connectivity index (χ2n) is 3.14. The Morgan fingerprint density at radius 1 is 1.67 bits per heavy atom. The monoisotopic (exact) mass is 230 g/mol. The summed E-state index contributed by atoms with van der Waals surface area (Å²) in [5, 5.41) is 21.2. The lowest BCUT2D eigenvalue weighted by Crippen LogP contribution is -2.25. The molecule has 84 valence electrons. The Hall–Kier alpha value is -0.980. The molecule has 0 bridgehead atoms. The summed E-state index contributed by atoms with van der Waals surface area (Å²) in [5.74, 6) is 0. The number of aliphatic hydroxyl groups excluding tert-OH is 1. The van der Waals surface area contributed by atoms with Crippen LogP contribution in [-0.2, 0) is 6.54 Å². The Kier molecular flexibility index (Phi) is 4.67. The molecule has 1 aromatic heterocycles. The Bertz CT molecular complexity index is 327. The van der Waals surface area contributed by atoms with Gasteiger partial charge in [0.1, 0.15) is 0 Å². The van der Waals surface area contributed by atoms with E-state index in [-0.39, 0.29) is 16.5 Å². The number of thiophene rings is 1. The molecular formula is C9H14N2O3S. The first-order valence-corrected chi connectivity index (χ1v) is 5.60. The van der Waals surface area contributed by atoms with E-state index in [1.165, 1.54) is 0 Å². The van der Waals surface area contributed by atoms with E-state index in [2.05, 4.69) is 0 Å². The molecule has 6 heteroatoms. The summed E-state index contributed by atoms with van der Waals surface area (Å²) in [6.45, 7) is 4.18. The Morgan fingerprint density at radius 2 is 2.40 bits per heavy atom. The van der Waals surface area contributed by atoms with Crippen molar-refractivity contribution in [1.82, 2.24) is 4.90 Å². The van der Waals surface area contributed by atoms with Gasteiger partial charge in [0.05, 0.1) is 11.5 Å². The van der Waals surface area contributed by atoms with Crippen LogP contribution < -0.4 is 0 Å². The molecule has 15 heavy (non-hydrogen) atoms. The maximum Gasteiger partial charge on any atom is 0.324 e. The van der Waals surface area contributed by atoms with Crippen LogP contribution in [0.5, 0.6) is 0 Å². The summed E-state index contributed by atoms with van der Waals surface area (Å²) < 4.78 is 0. The molecule has 0 aliphatic heterocycles. The van der Waals surface area contributed by atoms with E-state index in [9.17, 15) is 10.1 Å². The quantitative estimate of drug-likeness (QED) is 0.593. The highest BCUT2D eigenvalue weighted by Gasteiger charge is 2.11. The zero-order valence-corrected chi connectivity index (χ0v) is 9.37. The lowest BCUT2D eigenvalue weighted by atomic mass is 10.3. The van der Waals surface area contributed by atoms with Crippen molar-refractivity contribution in [2.45, 2.75) is 13.5 Å². The van der Waals surface area contributed by atoms with E-state index in [1.807, 2.05) is 11.8 Å². The smallest absolute Gasteiger partial charge is 0.324 e. The summed E-state index contributed by atoms with van der Waals surface area (Å²) in [5.41, 5.74) is 0.932. The van der Waals surface area contributed by atoms with Crippen molar-refractivity contribution in [2.24, 2.45) is 0 Å². The zero-order valence-electron chi connectivity index (χ0n) is 8.55. The van der Waals surface area contributed by atoms with Gasteiger partial charge in [0.15, 0.2) is 0 Å². The number of hydrogen-bond acceptors (Lipinski definition) is 5. The predicted molar refractivity (Wildman–Crippen MR) is 59.0 cm³/mol. The highest BCUT2D eigenvalue weighted by Crippen LogP contribution is 2.23. The normalized spacial score (nSPS) is 10.9. The van der Waals surface area contributed by atoms with Crippen molar-refractivity contribution >= 4 is 16.3 Å². The van der Waals surface area contributed by atoms with Gasteiger partial charge in [-0.25, -0.2) is 0 Å². The topological polar surface area (TPSA) is 66.6 Å². The van der Waals surface area contributed by atoms with Crippen molar-refractivity contribution in [3.05, 3.63) is 27.1 Å². The standard InChI is InChI=1S/C9H14N2O3S/c1-2-10(3-4-12)6-8-5-9(11(13)14)15-7-8/h5,7,12H,2-4,6H2,1H3. The van der Waals surface area contributed by atoms with Gasteiger partial charge in [0.2, 0.25) is 0 Å². The van der Waals surface area contributed by atoms with Gasteiger partial charge in [0.25, 0.3) is 0 Å². The van der Waals surface area contributed by atoms with Crippen LogP contribution in [0.15, 0.2) is 11.4 Å². The summed E-state index contributed by atoms with van der Waals surface area (Å²) in [7, 11) is 0. The molecule has 0 radical (unpaired) electrons. The van der Waals surface area contributed by atoms with Crippen LogP contribution in [0, 0.1) is 10.1 Å². The summed E-state index contributed by atoms with van der Waals surface area (Å²) in [6.07, 6.45) is 0. The van der Waals surface area contributed by atoms with Crippen molar-refractivity contribution in [2.75, 3.05) is 19.7 Å². The number of nitrogens with zero attached hydrogens (tertiary/aromatic N) is 2. The van der Waals surface area contributed by atoms with Crippen LogP contribution in [0.1, 0.15) is 12.5 Å². The average molecular weight is 230 g/mol. The number of likely N-dealkylation sites (N-methyl/N-ethyl adjacent to an activating group) is 1. The average Bonchev–Trinajstić information content (AvgIpc) is 2.65. The van der Waals surface area contributed by atoms with Crippen molar-refractivity contribution < 1.29 is 10.0 Å². The summed E-state index contributed by atoms with van der Waals surface area (Å²) in [4.78, 5) is 12.1. The van der Waals surface area contributed by atoms with Gasteiger partial charge < -0.3 is 5.11 Å². The van der Waals surface area contributed by atoms with Crippen LogP contribution in [0.3, 0.4) is 0 Å². The Morgan fingerprint density at radius 3 is 2.87 bits per heavy atom. The molecule has 0 unspecified atom stereocenters. The third kappa shape index (κ3) is 3.58. The molecule has 0 spiro atoms. The SMILES string of the molecule is CCN(CCO)Cc1csc([N+](=O)[O-])c1. The molecule has 1 heterocycles. The van der Waals surface area contributed by atoms with Crippen molar-refractivity contribution in [1.29, 1.82) is 0 Å². The van der Waals surface area contributed by atoms with Crippen molar-refractivity contribution in [3.8, 4) is 0 Å². The van der Waals surface area contributed by atoms with Crippen LogP contribution in [0.25, 0.3) is 0 Å². The minimum atomic E-state index is -0.378. The molecule has 1 rings (SSSR count). The molecule has 0 atom stereocenters. The zero-order chi connectivity index (χ0) is 11.3. The third-order valence-electron chi connectivity index (χ3n) is 2.09. The number of rotatable bonds is 6. The van der Waals surface area contributed by atoms with Gasteiger partial charge in [-0.1, -0.05) is 18.3 Å². The van der Waals surface area contributed by atoms with E-state index >= 15 is 0 Å². The highest BCUT2D eigenvalue weighted by molar-refractivity contribution is 7.13. The lowest BCUT2D eigenvalue weighted by molar-refractivity contribution is -0.380. The summed E-state index contributed by atoms with van der Waals surface area (Å²) in [6, 6.07) is 1.59. The van der Waals surface area contributed by atoms with Gasteiger partial charge >= 0.3 is 5.00 Å². The fourth-order valence-electron chi connectivity index (χ4n) is 1.29. The number of hydrogen-bond donors (Lipinski definition) is 1. The summed E-state index contributed by atoms with van der Waals surface area (Å²) >= 11 is 1.14. The van der Waals surface area contributed by atoms with Gasteiger partial charge in [-0.15, -0.1) is 0 Å². The first-order valence-electron chi connectivity index (χ1n) is 4.72.